The van der Waals surface area contributed by atoms with Crippen LogP contribution in [0.25, 0.3) is 11.3 Å². The largest absolute Gasteiger partial charge is 0.481 e. The number of Topliss-reactive ketones (excluding diaryl/α,β-unsaturated/α-hetero) is 1. The number of rotatable bonds is 8. The quantitative estimate of drug-likeness (QED) is 0.569. The van der Waals surface area contributed by atoms with Gasteiger partial charge in [0.05, 0.1) is 5.56 Å². The number of halogens is 2. The van der Waals surface area contributed by atoms with Crippen LogP contribution in [0.2, 0.25) is 0 Å². The Morgan fingerprint density at radius 3 is 2.41 bits per heavy atom. The number of hydrogen-bond acceptors (Lipinski definition) is 5. The average Bonchev–Trinajstić information content (AvgIpc) is 3.07. The molecule has 6 nitrogen and oxygen atoms in total. The molecule has 3 aromatic rings. The van der Waals surface area contributed by atoms with Crippen LogP contribution in [-0.2, 0) is 11.2 Å². The van der Waals surface area contributed by atoms with Crippen molar-refractivity contribution in [3.63, 3.8) is 0 Å². The molecule has 0 radical (unpaired) electrons. The molecule has 1 heterocycles. The lowest BCUT2D eigenvalue weighted by Gasteiger charge is -2.10. The van der Waals surface area contributed by atoms with Crippen molar-refractivity contribution in [2.75, 3.05) is 6.61 Å². The Kier molecular flexibility index (Phi) is 6.01. The fourth-order valence-corrected chi connectivity index (χ4v) is 2.85. The van der Waals surface area contributed by atoms with E-state index < -0.39 is 35.7 Å². The second kappa shape index (κ2) is 8.64. The third-order valence-electron chi connectivity index (χ3n) is 4.22. The monoisotopic (exact) mass is 401 g/mol. The molecular formula is C21H17F2NO5. The number of aryl methyl sites for hydroxylation is 2. The van der Waals surface area contributed by atoms with Crippen LogP contribution in [0.4, 0.5) is 8.78 Å². The molecule has 0 atom stereocenters. The molecule has 3 rings (SSSR count). The summed E-state index contributed by atoms with van der Waals surface area (Å²) in [5, 5.41) is 12.6. The van der Waals surface area contributed by atoms with Crippen molar-refractivity contribution in [1.29, 1.82) is 0 Å². The van der Waals surface area contributed by atoms with Crippen molar-refractivity contribution in [3.8, 4) is 17.0 Å². The molecule has 0 bridgehead atoms. The Hall–Kier alpha value is -3.55. The maximum Gasteiger partial charge on any atom is 0.303 e. The first-order chi connectivity index (χ1) is 13.9. The van der Waals surface area contributed by atoms with Crippen LogP contribution in [-0.4, -0.2) is 28.6 Å². The zero-order chi connectivity index (χ0) is 21.0. The second-order valence-electron chi connectivity index (χ2n) is 6.32. The lowest BCUT2D eigenvalue weighted by atomic mass is 10.0. The average molecular weight is 401 g/mol. The molecule has 0 amide bonds. The minimum Gasteiger partial charge on any atom is -0.481 e. The Morgan fingerprint density at radius 2 is 1.79 bits per heavy atom. The molecule has 0 fully saturated rings. The van der Waals surface area contributed by atoms with Gasteiger partial charge in [-0.15, -0.1) is 0 Å². The Balaban J connectivity index is 1.77. The molecule has 1 N–H and O–H groups in total. The van der Waals surface area contributed by atoms with Crippen molar-refractivity contribution in [3.05, 3.63) is 71.0 Å². The van der Waals surface area contributed by atoms with E-state index in [4.69, 9.17) is 14.4 Å². The van der Waals surface area contributed by atoms with E-state index in [2.05, 4.69) is 5.16 Å². The number of carbonyl (C=O) groups excluding carboxylic acids is 1. The SMILES string of the molecule is Cc1onc(-c2ccccc2)c1C(=O)COc1c(F)cc(CCC(=O)O)cc1F. The summed E-state index contributed by atoms with van der Waals surface area (Å²) in [6.07, 6.45) is -0.282. The van der Waals surface area contributed by atoms with Crippen molar-refractivity contribution in [2.45, 2.75) is 19.8 Å². The van der Waals surface area contributed by atoms with Crippen molar-refractivity contribution in [2.24, 2.45) is 0 Å². The number of aromatic nitrogens is 1. The molecular weight excluding hydrogens is 384 g/mol. The Labute approximate surface area is 164 Å². The van der Waals surface area contributed by atoms with E-state index in [0.717, 1.165) is 12.1 Å². The minimum atomic E-state index is -1.07. The standard InChI is InChI=1S/C21H17F2NO5/c1-12-19(20(24-29-12)14-5-3-2-4-6-14)17(25)11-28-21-15(22)9-13(10-16(21)23)7-8-18(26)27/h2-6,9-10H,7-8,11H2,1H3,(H,26,27). The van der Waals surface area contributed by atoms with Crippen LogP contribution < -0.4 is 4.74 Å². The van der Waals surface area contributed by atoms with E-state index in [9.17, 15) is 18.4 Å². The highest BCUT2D eigenvalue weighted by molar-refractivity contribution is 6.03. The van der Waals surface area contributed by atoms with Gasteiger partial charge in [-0.1, -0.05) is 35.5 Å². The zero-order valence-electron chi connectivity index (χ0n) is 15.4. The van der Waals surface area contributed by atoms with Gasteiger partial charge in [0.25, 0.3) is 0 Å². The third kappa shape index (κ3) is 4.66. The van der Waals surface area contributed by atoms with Gasteiger partial charge in [0, 0.05) is 12.0 Å². The molecule has 2 aromatic carbocycles. The first-order valence-corrected chi connectivity index (χ1v) is 8.74. The topological polar surface area (TPSA) is 89.6 Å². The molecule has 0 aliphatic heterocycles. The van der Waals surface area contributed by atoms with Crippen LogP contribution in [0, 0.1) is 18.6 Å². The van der Waals surface area contributed by atoms with E-state index in [0.29, 0.717) is 11.3 Å². The van der Waals surface area contributed by atoms with Gasteiger partial charge in [0.15, 0.2) is 24.0 Å². The van der Waals surface area contributed by atoms with Gasteiger partial charge in [0.2, 0.25) is 5.78 Å². The van der Waals surface area contributed by atoms with Gasteiger partial charge in [-0.25, -0.2) is 8.78 Å². The molecule has 0 spiro atoms. The van der Waals surface area contributed by atoms with Gasteiger partial charge in [-0.05, 0) is 31.0 Å². The van der Waals surface area contributed by atoms with Crippen molar-refractivity contribution < 1.29 is 32.7 Å². The fourth-order valence-electron chi connectivity index (χ4n) is 2.85. The summed E-state index contributed by atoms with van der Waals surface area (Å²) in [7, 11) is 0. The summed E-state index contributed by atoms with van der Waals surface area (Å²) >= 11 is 0. The lowest BCUT2D eigenvalue weighted by Crippen LogP contribution is -2.14. The highest BCUT2D eigenvalue weighted by Crippen LogP contribution is 2.27. The van der Waals surface area contributed by atoms with Crippen LogP contribution in [0.15, 0.2) is 47.0 Å². The highest BCUT2D eigenvalue weighted by Gasteiger charge is 2.23. The number of hydrogen-bond donors (Lipinski definition) is 1. The number of aliphatic carboxylic acids is 1. The summed E-state index contributed by atoms with van der Waals surface area (Å²) in [6, 6.07) is 10.9. The molecule has 0 unspecified atom stereocenters. The number of carbonyl (C=O) groups is 2. The van der Waals surface area contributed by atoms with Crippen molar-refractivity contribution in [1.82, 2.24) is 5.16 Å². The second-order valence-corrected chi connectivity index (χ2v) is 6.32. The lowest BCUT2D eigenvalue weighted by molar-refractivity contribution is -0.136. The number of carboxylic acid groups (broad SMARTS) is 1. The van der Waals surface area contributed by atoms with Gasteiger partial charge in [0.1, 0.15) is 11.5 Å². The Morgan fingerprint density at radius 1 is 1.14 bits per heavy atom. The first kappa shape index (κ1) is 20.2. The molecule has 150 valence electrons. The maximum atomic E-state index is 14.2. The Bertz CT molecular complexity index is 1020. The molecule has 0 saturated carbocycles. The molecule has 1 aromatic heterocycles. The van der Waals surface area contributed by atoms with Crippen LogP contribution >= 0.6 is 0 Å². The highest BCUT2D eigenvalue weighted by atomic mass is 19.1. The fraction of sp³-hybridized carbons (Fsp3) is 0.190. The number of benzene rings is 2. The third-order valence-corrected chi connectivity index (χ3v) is 4.22. The molecule has 0 saturated heterocycles. The van der Waals surface area contributed by atoms with Crippen LogP contribution in [0.3, 0.4) is 0 Å². The van der Waals surface area contributed by atoms with Crippen LogP contribution in [0.5, 0.6) is 5.75 Å². The maximum absolute atomic E-state index is 14.2. The molecule has 29 heavy (non-hydrogen) atoms. The van der Waals surface area contributed by atoms with Gasteiger partial charge < -0.3 is 14.4 Å². The number of carboxylic acids is 1. The summed E-state index contributed by atoms with van der Waals surface area (Å²) < 4.78 is 38.6. The summed E-state index contributed by atoms with van der Waals surface area (Å²) in [5.41, 5.74) is 1.34. The normalized spacial score (nSPS) is 10.7. The zero-order valence-corrected chi connectivity index (χ0v) is 15.4. The van der Waals surface area contributed by atoms with E-state index in [1.54, 1.807) is 31.2 Å². The summed E-state index contributed by atoms with van der Waals surface area (Å²) in [5.74, 6) is -4.08. The minimum absolute atomic E-state index is 0.0251. The molecule has 0 aliphatic carbocycles. The number of ether oxygens (including phenoxy) is 1. The van der Waals surface area contributed by atoms with Gasteiger partial charge >= 0.3 is 5.97 Å². The molecule has 8 heteroatoms. The van der Waals surface area contributed by atoms with Crippen LogP contribution in [0.1, 0.15) is 28.1 Å². The van der Waals surface area contributed by atoms with Crippen molar-refractivity contribution >= 4 is 11.8 Å². The van der Waals surface area contributed by atoms with E-state index >= 15 is 0 Å². The summed E-state index contributed by atoms with van der Waals surface area (Å²) in [6.45, 7) is 0.940. The van der Waals surface area contributed by atoms with E-state index in [1.165, 1.54) is 0 Å². The first-order valence-electron chi connectivity index (χ1n) is 8.74. The molecule has 0 aliphatic rings. The number of nitrogens with zero attached hydrogens (tertiary/aromatic N) is 1. The van der Waals surface area contributed by atoms with E-state index in [1.807, 2.05) is 6.07 Å². The smallest absolute Gasteiger partial charge is 0.303 e. The van der Waals surface area contributed by atoms with Gasteiger partial charge in [-0.2, -0.15) is 0 Å². The summed E-state index contributed by atoms with van der Waals surface area (Å²) in [4.78, 5) is 23.2. The number of ketones is 1. The van der Waals surface area contributed by atoms with Gasteiger partial charge in [-0.3, -0.25) is 9.59 Å². The predicted molar refractivity (Wildman–Crippen MR) is 98.8 cm³/mol. The predicted octanol–water partition coefficient (Wildman–Crippen LogP) is 4.21. The van der Waals surface area contributed by atoms with E-state index in [-0.39, 0.29) is 29.7 Å².